The summed E-state index contributed by atoms with van der Waals surface area (Å²) in [5.74, 6) is 0. The lowest BCUT2D eigenvalue weighted by Crippen LogP contribution is -2.34. The molecule has 0 aliphatic rings. The first-order chi connectivity index (χ1) is 7.58. The molecule has 1 atom stereocenters. The molecule has 0 spiro atoms. The third-order valence-electron chi connectivity index (χ3n) is 1.90. The van der Waals surface area contributed by atoms with E-state index in [1.807, 2.05) is 0 Å². The fourth-order valence-corrected chi connectivity index (χ4v) is 1.42. The van der Waals surface area contributed by atoms with E-state index in [0.717, 1.165) is 4.57 Å². The van der Waals surface area contributed by atoms with Crippen molar-refractivity contribution in [1.29, 1.82) is 0 Å². The number of H-pyrrole nitrogens is 1. The lowest BCUT2D eigenvalue weighted by atomic mass is 10.3. The van der Waals surface area contributed by atoms with E-state index >= 15 is 0 Å². The smallest absolute Gasteiger partial charge is 0.328 e. The van der Waals surface area contributed by atoms with Gasteiger partial charge in [-0.05, 0) is 11.1 Å². The second-order valence-electron chi connectivity index (χ2n) is 3.13. The zero-order valence-corrected chi connectivity index (χ0v) is 9.85. The topological polar surface area (TPSA) is 95.3 Å². The number of nitrogens with zero attached hydrogens (tertiary/aromatic N) is 1. The zero-order valence-electron chi connectivity index (χ0n) is 8.26. The van der Waals surface area contributed by atoms with Crippen LogP contribution in [0, 0.1) is 0 Å². The molecule has 0 saturated carbocycles. The highest BCUT2D eigenvalue weighted by Gasteiger charge is 2.07. The molecule has 1 aromatic rings. The molecule has 6 nitrogen and oxygen atoms in total. The molecule has 88 valence electrons. The highest BCUT2D eigenvalue weighted by Crippen LogP contribution is 1.96. The van der Waals surface area contributed by atoms with Crippen molar-refractivity contribution in [3.63, 3.8) is 0 Å². The van der Waals surface area contributed by atoms with Crippen LogP contribution >= 0.6 is 15.9 Å². The predicted octanol–water partition coefficient (Wildman–Crippen LogP) is -0.745. The summed E-state index contributed by atoms with van der Waals surface area (Å²) in [7, 11) is 0. The van der Waals surface area contributed by atoms with Crippen molar-refractivity contribution in [3.05, 3.63) is 37.6 Å². The summed E-state index contributed by atoms with van der Waals surface area (Å²) in [5.41, 5.74) is -0.846. The number of aromatic nitrogens is 2. The summed E-state index contributed by atoms with van der Waals surface area (Å²) < 4.78 is 1.13. The van der Waals surface area contributed by atoms with Gasteiger partial charge in [-0.15, -0.1) is 0 Å². The van der Waals surface area contributed by atoms with E-state index in [1.165, 1.54) is 17.3 Å². The third kappa shape index (κ3) is 3.16. The summed E-state index contributed by atoms with van der Waals surface area (Å²) in [5, 5.41) is 17.9. The van der Waals surface area contributed by atoms with Gasteiger partial charge in [-0.25, -0.2) is 4.79 Å². The Hall–Kier alpha value is -1.18. The molecule has 0 aliphatic heterocycles. The minimum Gasteiger partial charge on any atom is -0.394 e. The first-order valence-electron chi connectivity index (χ1n) is 4.48. The average Bonchev–Trinajstić information content (AvgIpc) is 2.25. The van der Waals surface area contributed by atoms with E-state index in [4.69, 9.17) is 5.11 Å². The number of halogens is 1. The van der Waals surface area contributed by atoms with E-state index in [0.29, 0.717) is 0 Å². The number of hydrogen-bond donors (Lipinski definition) is 3. The normalized spacial score (nSPS) is 13.2. The second-order valence-corrected chi connectivity index (χ2v) is 3.65. The Morgan fingerprint density at radius 3 is 2.81 bits per heavy atom. The van der Waals surface area contributed by atoms with Crippen molar-refractivity contribution < 1.29 is 10.2 Å². The molecule has 0 bridgehead atoms. The number of rotatable bonds is 4. The summed E-state index contributed by atoms with van der Waals surface area (Å²) in [6.45, 7) is -0.523. The predicted molar refractivity (Wildman–Crippen MR) is 62.4 cm³/mol. The quantitative estimate of drug-likeness (QED) is 0.680. The van der Waals surface area contributed by atoms with Crippen molar-refractivity contribution in [3.8, 4) is 0 Å². The van der Waals surface area contributed by atoms with Gasteiger partial charge in [0.05, 0.1) is 24.8 Å². The Labute approximate surface area is 99.0 Å². The van der Waals surface area contributed by atoms with Gasteiger partial charge in [0.25, 0.3) is 5.56 Å². The Bertz CT molecular complexity index is 491. The van der Waals surface area contributed by atoms with Crippen molar-refractivity contribution >= 4 is 22.0 Å². The average molecular weight is 291 g/mol. The van der Waals surface area contributed by atoms with Crippen LogP contribution in [-0.2, 0) is 6.54 Å². The van der Waals surface area contributed by atoms with Gasteiger partial charge in [-0.2, -0.15) is 0 Å². The van der Waals surface area contributed by atoms with Gasteiger partial charge in [-0.1, -0.05) is 15.9 Å². The minimum absolute atomic E-state index is 0.0742. The van der Waals surface area contributed by atoms with Crippen LogP contribution in [0.2, 0.25) is 0 Å². The van der Waals surface area contributed by atoms with Crippen molar-refractivity contribution in [2.45, 2.75) is 12.6 Å². The van der Waals surface area contributed by atoms with Crippen LogP contribution in [0.3, 0.4) is 0 Å². The fraction of sp³-hybridized carbons (Fsp3) is 0.333. The summed E-state index contributed by atoms with van der Waals surface area (Å²) in [6.07, 6.45) is 1.75. The molecule has 0 amide bonds. The van der Waals surface area contributed by atoms with Crippen LogP contribution in [0.15, 0.2) is 20.8 Å². The van der Waals surface area contributed by atoms with Crippen molar-refractivity contribution in [1.82, 2.24) is 9.55 Å². The lowest BCUT2D eigenvalue weighted by molar-refractivity contribution is 0.0800. The SMILES string of the molecule is O=c1[nH]c(=O)n(CC(O)CO)cc1/C=C/Br. The van der Waals surface area contributed by atoms with Gasteiger partial charge in [0.15, 0.2) is 0 Å². The Morgan fingerprint density at radius 2 is 2.25 bits per heavy atom. The van der Waals surface area contributed by atoms with Gasteiger partial charge in [0, 0.05) is 6.20 Å². The first kappa shape index (κ1) is 12.9. The molecule has 0 fully saturated rings. The van der Waals surface area contributed by atoms with E-state index in [1.54, 1.807) is 0 Å². The summed E-state index contributed by atoms with van der Waals surface area (Å²) in [4.78, 5) is 26.2. The van der Waals surface area contributed by atoms with Crippen LogP contribution in [0.25, 0.3) is 6.08 Å². The molecule has 16 heavy (non-hydrogen) atoms. The maximum absolute atomic E-state index is 11.3. The number of aromatic amines is 1. The lowest BCUT2D eigenvalue weighted by Gasteiger charge is -2.09. The number of aliphatic hydroxyl groups excluding tert-OH is 2. The van der Waals surface area contributed by atoms with Crippen LogP contribution in [0.1, 0.15) is 5.56 Å². The molecular formula is C9H11BrN2O4. The third-order valence-corrected chi connectivity index (χ3v) is 2.16. The Balaban J connectivity index is 3.15. The fourth-order valence-electron chi connectivity index (χ4n) is 1.13. The van der Waals surface area contributed by atoms with Crippen molar-refractivity contribution in [2.75, 3.05) is 6.61 Å². The van der Waals surface area contributed by atoms with E-state index in [9.17, 15) is 14.7 Å². The van der Waals surface area contributed by atoms with Gasteiger partial charge in [0.1, 0.15) is 0 Å². The van der Waals surface area contributed by atoms with Gasteiger partial charge >= 0.3 is 5.69 Å². The molecule has 1 unspecified atom stereocenters. The second kappa shape index (κ2) is 5.78. The summed E-state index contributed by atoms with van der Waals surface area (Å²) >= 11 is 3.02. The van der Waals surface area contributed by atoms with Crippen molar-refractivity contribution in [2.24, 2.45) is 0 Å². The molecule has 0 aliphatic carbocycles. The maximum atomic E-state index is 11.3. The molecule has 1 aromatic heterocycles. The molecule has 1 rings (SSSR count). The molecule has 7 heteroatoms. The standard InChI is InChI=1S/C9H11BrN2O4/c10-2-1-6-3-12(4-7(14)5-13)9(16)11-8(6)15/h1-3,7,13-14H,4-5H2,(H,11,15,16)/b2-1+. The highest BCUT2D eigenvalue weighted by atomic mass is 79.9. The summed E-state index contributed by atoms with van der Waals surface area (Å²) in [6, 6.07) is 0. The minimum atomic E-state index is -1.04. The Kier molecular flexibility index (Phi) is 4.66. The van der Waals surface area contributed by atoms with E-state index in [2.05, 4.69) is 20.9 Å². The molecule has 0 saturated heterocycles. The van der Waals surface area contributed by atoms with Crippen LogP contribution in [0.4, 0.5) is 0 Å². The van der Waals surface area contributed by atoms with E-state index < -0.39 is 24.0 Å². The Morgan fingerprint density at radius 1 is 1.56 bits per heavy atom. The number of hydrogen-bond acceptors (Lipinski definition) is 4. The van der Waals surface area contributed by atoms with Crippen LogP contribution in [0.5, 0.6) is 0 Å². The molecule has 0 aromatic carbocycles. The first-order valence-corrected chi connectivity index (χ1v) is 5.39. The molecule has 0 radical (unpaired) electrons. The number of aliphatic hydroxyl groups is 2. The monoisotopic (exact) mass is 290 g/mol. The van der Waals surface area contributed by atoms with Gasteiger partial charge < -0.3 is 10.2 Å². The molecule has 1 heterocycles. The maximum Gasteiger partial charge on any atom is 0.328 e. The van der Waals surface area contributed by atoms with Crippen LogP contribution < -0.4 is 11.2 Å². The molecular weight excluding hydrogens is 280 g/mol. The van der Waals surface area contributed by atoms with Gasteiger partial charge in [0.2, 0.25) is 0 Å². The van der Waals surface area contributed by atoms with E-state index in [-0.39, 0.29) is 12.1 Å². The zero-order chi connectivity index (χ0) is 12.1. The molecule has 3 N–H and O–H groups in total. The van der Waals surface area contributed by atoms with Gasteiger partial charge in [-0.3, -0.25) is 14.3 Å². The number of nitrogens with one attached hydrogen (secondary N) is 1. The largest absolute Gasteiger partial charge is 0.394 e. The highest BCUT2D eigenvalue weighted by molar-refractivity contribution is 9.11. The van der Waals surface area contributed by atoms with Crippen LogP contribution in [-0.4, -0.2) is 32.5 Å².